The Morgan fingerprint density at radius 2 is 1.97 bits per heavy atom. The number of hydrogen-bond acceptors (Lipinski definition) is 5. The number of rotatable bonds is 3. The van der Waals surface area contributed by atoms with Crippen molar-refractivity contribution in [2.75, 3.05) is 5.32 Å². The van der Waals surface area contributed by atoms with Crippen LogP contribution in [0.25, 0.3) is 10.9 Å². The van der Waals surface area contributed by atoms with Crippen molar-refractivity contribution in [1.82, 2.24) is 19.9 Å². The van der Waals surface area contributed by atoms with Crippen molar-refractivity contribution >= 4 is 22.6 Å². The third kappa shape index (κ3) is 4.00. The standard InChI is InChI=1S/C23H18F3N5O2/c1-13-7-14-8-17(33-21-18-10-27-11-19(18)28-12-29-21)5-6-20(14)31(13)22(32)30-16-4-2-3-15(9-16)23(24,25)26/h2-9,12,27H,10-11H2,1H3,(H,30,32). The molecule has 0 spiro atoms. The zero-order chi connectivity index (χ0) is 23.2. The van der Waals surface area contributed by atoms with Crippen molar-refractivity contribution in [2.24, 2.45) is 0 Å². The number of ether oxygens (including phenoxy) is 1. The lowest BCUT2D eigenvalue weighted by Gasteiger charge is -2.12. The number of hydrogen-bond donors (Lipinski definition) is 2. The summed E-state index contributed by atoms with van der Waals surface area (Å²) >= 11 is 0. The van der Waals surface area contributed by atoms with Gasteiger partial charge in [0.2, 0.25) is 5.88 Å². The molecule has 2 N–H and O–H groups in total. The molecule has 168 valence electrons. The molecule has 0 saturated carbocycles. The second-order valence-corrected chi connectivity index (χ2v) is 7.66. The monoisotopic (exact) mass is 453 g/mol. The number of carbonyl (C=O) groups excluding carboxylic acids is 1. The van der Waals surface area contributed by atoms with E-state index < -0.39 is 17.8 Å². The zero-order valence-electron chi connectivity index (χ0n) is 17.4. The van der Waals surface area contributed by atoms with Crippen molar-refractivity contribution in [3.63, 3.8) is 0 Å². The minimum Gasteiger partial charge on any atom is -0.439 e. The molecule has 0 atom stereocenters. The SMILES string of the molecule is Cc1cc2cc(Oc3ncnc4c3CNC4)ccc2n1C(=O)Nc1cccc(C(F)(F)F)c1. The molecule has 0 aliphatic carbocycles. The maximum atomic E-state index is 13.0. The van der Waals surface area contributed by atoms with Gasteiger partial charge in [0.15, 0.2) is 0 Å². The highest BCUT2D eigenvalue weighted by atomic mass is 19.4. The first kappa shape index (κ1) is 21.0. The van der Waals surface area contributed by atoms with Crippen molar-refractivity contribution in [3.05, 3.63) is 77.4 Å². The maximum Gasteiger partial charge on any atom is 0.416 e. The fourth-order valence-electron chi connectivity index (χ4n) is 3.88. The largest absolute Gasteiger partial charge is 0.439 e. The molecule has 4 aromatic rings. The first-order valence-electron chi connectivity index (χ1n) is 10.1. The Hall–Kier alpha value is -3.92. The van der Waals surface area contributed by atoms with Crippen LogP contribution in [0.1, 0.15) is 22.5 Å². The third-order valence-corrected chi connectivity index (χ3v) is 5.41. The second kappa shape index (κ2) is 7.89. The van der Waals surface area contributed by atoms with Crippen LogP contribution in [-0.4, -0.2) is 20.6 Å². The lowest BCUT2D eigenvalue weighted by molar-refractivity contribution is -0.137. The lowest BCUT2D eigenvalue weighted by Crippen LogP contribution is -2.20. The summed E-state index contributed by atoms with van der Waals surface area (Å²) in [5, 5.41) is 6.49. The number of benzene rings is 2. The Morgan fingerprint density at radius 1 is 1.12 bits per heavy atom. The number of halogens is 3. The number of aromatic nitrogens is 3. The molecule has 2 aromatic carbocycles. The summed E-state index contributed by atoms with van der Waals surface area (Å²) in [4.78, 5) is 21.4. The highest BCUT2D eigenvalue weighted by Gasteiger charge is 2.30. The van der Waals surface area contributed by atoms with Gasteiger partial charge in [-0.1, -0.05) is 6.07 Å². The van der Waals surface area contributed by atoms with Crippen LogP contribution < -0.4 is 15.4 Å². The van der Waals surface area contributed by atoms with Gasteiger partial charge in [-0.05, 0) is 49.4 Å². The number of fused-ring (bicyclic) bond motifs is 2. The average molecular weight is 453 g/mol. The van der Waals surface area contributed by atoms with E-state index in [0.29, 0.717) is 35.9 Å². The number of alkyl halides is 3. The molecule has 1 aliphatic rings. The Morgan fingerprint density at radius 3 is 2.79 bits per heavy atom. The summed E-state index contributed by atoms with van der Waals surface area (Å²) in [5.41, 5.74) is 2.25. The van der Waals surface area contributed by atoms with Gasteiger partial charge in [0.1, 0.15) is 12.1 Å². The van der Waals surface area contributed by atoms with E-state index in [1.54, 1.807) is 31.2 Å². The molecule has 0 saturated heterocycles. The third-order valence-electron chi connectivity index (χ3n) is 5.41. The maximum absolute atomic E-state index is 13.0. The predicted octanol–water partition coefficient (Wildman–Crippen LogP) is 5.23. The van der Waals surface area contributed by atoms with Crippen molar-refractivity contribution in [3.8, 4) is 11.6 Å². The zero-order valence-corrected chi connectivity index (χ0v) is 17.4. The van der Waals surface area contributed by atoms with Gasteiger partial charge in [-0.2, -0.15) is 13.2 Å². The first-order chi connectivity index (χ1) is 15.8. The van der Waals surface area contributed by atoms with Gasteiger partial charge in [0, 0.05) is 29.9 Å². The van der Waals surface area contributed by atoms with Crippen LogP contribution in [-0.2, 0) is 19.3 Å². The molecule has 0 fully saturated rings. The molecule has 5 rings (SSSR count). The minimum absolute atomic E-state index is 0.0576. The molecule has 1 aliphatic heterocycles. The molecule has 2 aromatic heterocycles. The number of nitrogens with zero attached hydrogens (tertiary/aromatic N) is 3. The minimum atomic E-state index is -4.49. The Balaban J connectivity index is 1.42. The molecule has 1 amide bonds. The van der Waals surface area contributed by atoms with Crippen molar-refractivity contribution < 1.29 is 22.7 Å². The molecule has 0 bridgehead atoms. The molecule has 3 heterocycles. The molecule has 7 nitrogen and oxygen atoms in total. The van der Waals surface area contributed by atoms with E-state index in [9.17, 15) is 18.0 Å². The van der Waals surface area contributed by atoms with E-state index >= 15 is 0 Å². The molecule has 0 radical (unpaired) electrons. The van der Waals surface area contributed by atoms with Gasteiger partial charge in [-0.15, -0.1) is 0 Å². The quantitative estimate of drug-likeness (QED) is 0.444. The van der Waals surface area contributed by atoms with E-state index in [2.05, 4.69) is 20.6 Å². The molecule has 0 unspecified atom stereocenters. The van der Waals surface area contributed by atoms with Gasteiger partial charge in [0.25, 0.3) is 0 Å². The van der Waals surface area contributed by atoms with Crippen LogP contribution >= 0.6 is 0 Å². The van der Waals surface area contributed by atoms with Crippen LogP contribution in [0, 0.1) is 6.92 Å². The van der Waals surface area contributed by atoms with Gasteiger partial charge in [-0.3, -0.25) is 4.57 Å². The lowest BCUT2D eigenvalue weighted by atomic mass is 10.2. The van der Waals surface area contributed by atoms with Crippen molar-refractivity contribution in [1.29, 1.82) is 0 Å². The summed E-state index contributed by atoms with van der Waals surface area (Å²) in [5.74, 6) is 1.02. The molecule has 33 heavy (non-hydrogen) atoms. The van der Waals surface area contributed by atoms with E-state index in [1.807, 2.05) is 0 Å². The van der Waals surface area contributed by atoms with Crippen LogP contribution in [0.3, 0.4) is 0 Å². The Bertz CT molecular complexity index is 1380. The fraction of sp³-hybridized carbons (Fsp3) is 0.174. The first-order valence-corrected chi connectivity index (χ1v) is 10.1. The predicted molar refractivity (Wildman–Crippen MR) is 115 cm³/mol. The summed E-state index contributed by atoms with van der Waals surface area (Å²) in [7, 11) is 0. The van der Waals surface area contributed by atoms with Gasteiger partial charge in [0.05, 0.1) is 22.3 Å². The van der Waals surface area contributed by atoms with Crippen molar-refractivity contribution in [2.45, 2.75) is 26.2 Å². The van der Waals surface area contributed by atoms with E-state index in [0.717, 1.165) is 28.8 Å². The van der Waals surface area contributed by atoms with Crippen LogP contribution in [0.4, 0.5) is 23.7 Å². The topological polar surface area (TPSA) is 81.1 Å². The summed E-state index contributed by atoms with van der Waals surface area (Å²) in [6, 6.07) is 11.0. The summed E-state index contributed by atoms with van der Waals surface area (Å²) in [6.45, 7) is 3.03. The summed E-state index contributed by atoms with van der Waals surface area (Å²) in [6.07, 6.45) is -3.04. The van der Waals surface area contributed by atoms with Crippen LogP contribution in [0.2, 0.25) is 0 Å². The number of anilines is 1. The van der Waals surface area contributed by atoms with E-state index in [-0.39, 0.29) is 5.69 Å². The molecule has 10 heteroatoms. The van der Waals surface area contributed by atoms with Crippen LogP contribution in [0.15, 0.2) is 54.9 Å². The highest BCUT2D eigenvalue weighted by Crippen LogP contribution is 2.32. The molecular weight excluding hydrogens is 435 g/mol. The number of carbonyl (C=O) groups is 1. The van der Waals surface area contributed by atoms with Gasteiger partial charge < -0.3 is 15.4 Å². The van der Waals surface area contributed by atoms with E-state index in [1.165, 1.54) is 23.0 Å². The van der Waals surface area contributed by atoms with E-state index in [4.69, 9.17) is 4.74 Å². The number of nitrogens with one attached hydrogen (secondary N) is 2. The fourth-order valence-corrected chi connectivity index (χ4v) is 3.88. The Kier molecular flexibility index (Phi) is 5.01. The molecular formula is C23H18F3N5O2. The van der Waals surface area contributed by atoms with Crippen LogP contribution in [0.5, 0.6) is 11.6 Å². The van der Waals surface area contributed by atoms with Gasteiger partial charge >= 0.3 is 12.2 Å². The number of aryl methyl sites for hydroxylation is 1. The van der Waals surface area contributed by atoms with Gasteiger partial charge in [-0.25, -0.2) is 14.8 Å². The highest BCUT2D eigenvalue weighted by molar-refractivity contribution is 5.99. The second-order valence-electron chi connectivity index (χ2n) is 7.66. The average Bonchev–Trinajstić information content (AvgIpc) is 3.37. The summed E-state index contributed by atoms with van der Waals surface area (Å²) < 4.78 is 46.3. The Labute approximate surface area is 186 Å². The number of amides is 1. The smallest absolute Gasteiger partial charge is 0.416 e. The normalized spacial score (nSPS) is 13.2.